The first-order valence-corrected chi connectivity index (χ1v) is 4.69. The predicted octanol–water partition coefficient (Wildman–Crippen LogP) is 2.99. The van der Waals surface area contributed by atoms with Gasteiger partial charge in [-0.1, -0.05) is 5.92 Å². The van der Waals surface area contributed by atoms with E-state index in [2.05, 4.69) is 5.92 Å². The molecule has 2 aromatic carbocycles. The summed E-state index contributed by atoms with van der Waals surface area (Å²) in [5.74, 6) is 1.16. The number of terminal acetylenes is 1. The van der Waals surface area contributed by atoms with E-state index in [1.54, 1.807) is 6.92 Å². The second kappa shape index (κ2) is 3.49. The Morgan fingerprint density at radius 1 is 1.31 bits per heavy atom. The van der Waals surface area contributed by atoms with Crippen LogP contribution in [0, 0.1) is 30.9 Å². The van der Waals surface area contributed by atoms with Gasteiger partial charge in [0.05, 0.1) is 11.3 Å². The monoisotopic (exact) mass is 217 g/mol. The molecule has 0 spiro atoms. The van der Waals surface area contributed by atoms with Crippen LogP contribution < -0.4 is 5.73 Å². The van der Waals surface area contributed by atoms with Gasteiger partial charge in [0.2, 0.25) is 0 Å². The van der Waals surface area contributed by atoms with E-state index in [1.807, 2.05) is 0 Å². The van der Waals surface area contributed by atoms with Gasteiger partial charge in [-0.3, -0.25) is 0 Å². The molecule has 0 aliphatic rings. The van der Waals surface area contributed by atoms with Crippen LogP contribution in [-0.2, 0) is 0 Å². The van der Waals surface area contributed by atoms with Gasteiger partial charge in [-0.05, 0) is 30.7 Å². The van der Waals surface area contributed by atoms with Gasteiger partial charge in [0.25, 0.3) is 0 Å². The normalized spacial score (nSPS) is 10.4. The maximum Gasteiger partial charge on any atom is 0.153 e. The van der Waals surface area contributed by atoms with E-state index in [0.29, 0.717) is 10.9 Å². The summed E-state index contributed by atoms with van der Waals surface area (Å²) in [6.07, 6.45) is 5.23. The van der Waals surface area contributed by atoms with Crippen molar-refractivity contribution in [3.8, 4) is 12.3 Å². The van der Waals surface area contributed by atoms with Crippen molar-refractivity contribution in [1.29, 1.82) is 0 Å². The Labute approximate surface area is 91.9 Å². The molecule has 0 amide bonds. The zero-order chi connectivity index (χ0) is 11.9. The molecule has 0 atom stereocenters. The molecule has 0 saturated heterocycles. The van der Waals surface area contributed by atoms with Gasteiger partial charge in [0.15, 0.2) is 5.82 Å². The first-order valence-electron chi connectivity index (χ1n) is 4.69. The Balaban J connectivity index is 3.07. The van der Waals surface area contributed by atoms with Gasteiger partial charge in [0, 0.05) is 10.8 Å². The predicted molar refractivity (Wildman–Crippen MR) is 60.9 cm³/mol. The molecule has 0 bridgehead atoms. The minimum absolute atomic E-state index is 0.0413. The molecule has 2 rings (SSSR count). The van der Waals surface area contributed by atoms with Gasteiger partial charge in [-0.2, -0.15) is 0 Å². The second-order valence-electron chi connectivity index (χ2n) is 3.59. The first kappa shape index (κ1) is 10.4. The van der Waals surface area contributed by atoms with Crippen LogP contribution >= 0.6 is 0 Å². The van der Waals surface area contributed by atoms with Crippen molar-refractivity contribution in [2.45, 2.75) is 6.92 Å². The summed E-state index contributed by atoms with van der Waals surface area (Å²) in [7, 11) is 0. The van der Waals surface area contributed by atoms with E-state index >= 15 is 0 Å². The van der Waals surface area contributed by atoms with Gasteiger partial charge in [0.1, 0.15) is 5.82 Å². The highest BCUT2D eigenvalue weighted by molar-refractivity contribution is 5.94. The molecule has 2 aromatic rings. The smallest absolute Gasteiger partial charge is 0.153 e. The Hall–Kier alpha value is -2.08. The number of fused-ring (bicyclic) bond motifs is 1. The van der Waals surface area contributed by atoms with E-state index < -0.39 is 11.6 Å². The van der Waals surface area contributed by atoms with Crippen LogP contribution in [0.1, 0.15) is 11.1 Å². The first-order chi connectivity index (χ1) is 7.56. The lowest BCUT2D eigenvalue weighted by Gasteiger charge is -2.09. The Morgan fingerprint density at radius 2 is 2.00 bits per heavy atom. The fraction of sp³-hybridized carbons (Fsp3) is 0.0769. The number of halogens is 2. The van der Waals surface area contributed by atoms with E-state index in [1.165, 1.54) is 12.1 Å². The van der Waals surface area contributed by atoms with Crippen LogP contribution in [-0.4, -0.2) is 0 Å². The fourth-order valence-electron chi connectivity index (χ4n) is 1.84. The number of nitrogens with two attached hydrogens (primary N) is 1. The van der Waals surface area contributed by atoms with Crippen LogP contribution in [0.15, 0.2) is 18.2 Å². The minimum Gasteiger partial charge on any atom is -0.396 e. The summed E-state index contributed by atoms with van der Waals surface area (Å²) >= 11 is 0. The van der Waals surface area contributed by atoms with Crippen molar-refractivity contribution in [3.05, 3.63) is 41.0 Å². The number of hydrogen-bond donors (Lipinski definition) is 1. The molecule has 0 aromatic heterocycles. The number of anilines is 1. The highest BCUT2D eigenvalue weighted by Gasteiger charge is 2.13. The van der Waals surface area contributed by atoms with Crippen LogP contribution in [0.25, 0.3) is 10.8 Å². The SMILES string of the molecule is C#Cc1c(F)ccc2c(F)c(N)cc(C)c12. The summed E-state index contributed by atoms with van der Waals surface area (Å²) in [5, 5.41) is 0.668. The summed E-state index contributed by atoms with van der Waals surface area (Å²) in [5.41, 5.74) is 6.28. The van der Waals surface area contributed by atoms with Gasteiger partial charge in [-0.15, -0.1) is 6.42 Å². The third kappa shape index (κ3) is 1.31. The molecule has 0 fully saturated rings. The number of hydrogen-bond acceptors (Lipinski definition) is 1. The average Bonchev–Trinajstić information content (AvgIpc) is 2.25. The lowest BCUT2D eigenvalue weighted by Crippen LogP contribution is -1.97. The van der Waals surface area contributed by atoms with Crippen molar-refractivity contribution in [1.82, 2.24) is 0 Å². The van der Waals surface area contributed by atoms with Gasteiger partial charge in [-0.25, -0.2) is 8.78 Å². The molecule has 0 radical (unpaired) electrons. The quantitative estimate of drug-likeness (QED) is 0.532. The zero-order valence-electron chi connectivity index (χ0n) is 8.64. The van der Waals surface area contributed by atoms with E-state index in [-0.39, 0.29) is 16.6 Å². The number of benzene rings is 2. The summed E-state index contributed by atoms with van der Waals surface area (Å²) < 4.78 is 27.1. The average molecular weight is 217 g/mol. The molecule has 0 aliphatic heterocycles. The number of rotatable bonds is 0. The lowest BCUT2D eigenvalue weighted by molar-refractivity contribution is 0.624. The van der Waals surface area contributed by atoms with Crippen molar-refractivity contribution in [2.24, 2.45) is 0 Å². The topological polar surface area (TPSA) is 26.0 Å². The number of aryl methyl sites for hydroxylation is 1. The molecular formula is C13H9F2N. The molecule has 0 unspecified atom stereocenters. The fourth-order valence-corrected chi connectivity index (χ4v) is 1.84. The second-order valence-corrected chi connectivity index (χ2v) is 3.59. The molecule has 0 aliphatic carbocycles. The largest absolute Gasteiger partial charge is 0.396 e. The molecule has 0 heterocycles. The van der Waals surface area contributed by atoms with Crippen molar-refractivity contribution < 1.29 is 8.78 Å². The highest BCUT2D eigenvalue weighted by atomic mass is 19.1. The molecule has 0 saturated carbocycles. The molecular weight excluding hydrogens is 208 g/mol. The Bertz CT molecular complexity index is 624. The van der Waals surface area contributed by atoms with Crippen LogP contribution in [0.3, 0.4) is 0 Å². The van der Waals surface area contributed by atoms with Crippen LogP contribution in [0.4, 0.5) is 14.5 Å². The van der Waals surface area contributed by atoms with Crippen LogP contribution in [0.2, 0.25) is 0 Å². The van der Waals surface area contributed by atoms with E-state index in [0.717, 1.165) is 6.07 Å². The Morgan fingerprint density at radius 3 is 2.62 bits per heavy atom. The Kier molecular flexibility index (Phi) is 2.28. The zero-order valence-corrected chi connectivity index (χ0v) is 8.64. The minimum atomic E-state index is -0.558. The van der Waals surface area contributed by atoms with Crippen molar-refractivity contribution in [3.63, 3.8) is 0 Å². The lowest BCUT2D eigenvalue weighted by atomic mass is 9.98. The number of nitrogen functional groups attached to an aromatic ring is 1. The highest BCUT2D eigenvalue weighted by Crippen LogP contribution is 2.30. The maximum atomic E-state index is 13.7. The molecule has 3 heteroatoms. The third-order valence-corrected chi connectivity index (χ3v) is 2.56. The van der Waals surface area contributed by atoms with E-state index in [4.69, 9.17) is 12.2 Å². The standard InChI is InChI=1S/C13H9F2N/c1-3-8-10(14)5-4-9-12(8)7(2)6-11(16)13(9)15/h1,4-6H,16H2,2H3. The van der Waals surface area contributed by atoms with E-state index in [9.17, 15) is 8.78 Å². The molecule has 16 heavy (non-hydrogen) atoms. The van der Waals surface area contributed by atoms with Gasteiger partial charge < -0.3 is 5.73 Å². The molecule has 2 N–H and O–H groups in total. The molecule has 1 nitrogen and oxygen atoms in total. The third-order valence-electron chi connectivity index (χ3n) is 2.56. The van der Waals surface area contributed by atoms with Crippen LogP contribution in [0.5, 0.6) is 0 Å². The van der Waals surface area contributed by atoms with Gasteiger partial charge >= 0.3 is 0 Å². The summed E-state index contributed by atoms with van der Waals surface area (Å²) in [6.45, 7) is 1.72. The van der Waals surface area contributed by atoms with Crippen molar-refractivity contribution >= 4 is 16.5 Å². The van der Waals surface area contributed by atoms with Crippen molar-refractivity contribution in [2.75, 3.05) is 5.73 Å². The summed E-state index contributed by atoms with van der Waals surface area (Å²) in [6, 6.07) is 3.96. The maximum absolute atomic E-state index is 13.7. The molecule has 80 valence electrons. The summed E-state index contributed by atoms with van der Waals surface area (Å²) in [4.78, 5) is 0.